The maximum atomic E-state index is 10.6. The highest BCUT2D eigenvalue weighted by Gasteiger charge is 2.37. The molecule has 1 aromatic carbocycles. The number of aliphatic hydroxyl groups is 1. The lowest BCUT2D eigenvalue weighted by Crippen LogP contribution is -2.47. The van der Waals surface area contributed by atoms with Crippen LogP contribution in [0.25, 0.3) is 0 Å². The summed E-state index contributed by atoms with van der Waals surface area (Å²) in [5.74, 6) is 1.34. The van der Waals surface area contributed by atoms with Gasteiger partial charge in [-0.25, -0.2) is 0 Å². The highest BCUT2D eigenvalue weighted by Crippen LogP contribution is 2.40. The smallest absolute Gasteiger partial charge is 0.128 e. The Kier molecular flexibility index (Phi) is 4.32. The van der Waals surface area contributed by atoms with Gasteiger partial charge in [0, 0.05) is 17.2 Å². The molecular formula is C15H23NO3. The van der Waals surface area contributed by atoms with Crippen LogP contribution in [0.15, 0.2) is 18.2 Å². The molecule has 1 atom stereocenters. The van der Waals surface area contributed by atoms with Gasteiger partial charge in [-0.05, 0) is 25.0 Å². The molecule has 0 heterocycles. The minimum atomic E-state index is -0.700. The molecule has 106 valence electrons. The topological polar surface area (TPSA) is 64.7 Å². The van der Waals surface area contributed by atoms with Crippen LogP contribution in [0.2, 0.25) is 0 Å². The third kappa shape index (κ3) is 2.85. The van der Waals surface area contributed by atoms with Gasteiger partial charge in [0.05, 0.1) is 14.2 Å². The van der Waals surface area contributed by atoms with Crippen LogP contribution in [0.5, 0.6) is 11.5 Å². The van der Waals surface area contributed by atoms with Crippen LogP contribution in [0.1, 0.15) is 43.8 Å². The number of hydrogen-bond donors (Lipinski definition) is 2. The molecule has 1 aliphatic rings. The number of hydrogen-bond acceptors (Lipinski definition) is 4. The van der Waals surface area contributed by atoms with Gasteiger partial charge in [-0.15, -0.1) is 0 Å². The van der Waals surface area contributed by atoms with E-state index in [4.69, 9.17) is 15.2 Å². The zero-order valence-corrected chi connectivity index (χ0v) is 11.7. The Morgan fingerprint density at radius 3 is 2.42 bits per heavy atom. The molecule has 0 bridgehead atoms. The van der Waals surface area contributed by atoms with Gasteiger partial charge < -0.3 is 20.3 Å². The van der Waals surface area contributed by atoms with Crippen molar-refractivity contribution in [2.24, 2.45) is 5.73 Å². The summed E-state index contributed by atoms with van der Waals surface area (Å²) in [4.78, 5) is 0. The van der Waals surface area contributed by atoms with Crippen molar-refractivity contribution in [2.45, 2.75) is 43.7 Å². The minimum absolute atomic E-state index is 0.542. The van der Waals surface area contributed by atoms with E-state index in [1.54, 1.807) is 20.3 Å². The van der Waals surface area contributed by atoms with E-state index in [-0.39, 0.29) is 0 Å². The normalized spacial score (nSPS) is 19.8. The Morgan fingerprint density at radius 1 is 1.16 bits per heavy atom. The lowest BCUT2D eigenvalue weighted by atomic mass is 9.76. The van der Waals surface area contributed by atoms with Crippen molar-refractivity contribution in [1.82, 2.24) is 0 Å². The van der Waals surface area contributed by atoms with Gasteiger partial charge in [-0.1, -0.05) is 19.3 Å². The molecule has 1 fully saturated rings. The van der Waals surface area contributed by atoms with E-state index in [1.807, 2.05) is 12.1 Å². The average Bonchev–Trinajstić information content (AvgIpc) is 2.46. The molecule has 4 heteroatoms. The summed E-state index contributed by atoms with van der Waals surface area (Å²) in [5.41, 5.74) is 6.59. The van der Waals surface area contributed by atoms with Gasteiger partial charge in [0.25, 0.3) is 0 Å². The molecule has 1 aliphatic carbocycles. The fraction of sp³-hybridized carbons (Fsp3) is 0.600. The van der Waals surface area contributed by atoms with Crippen molar-refractivity contribution in [2.75, 3.05) is 14.2 Å². The number of rotatable bonds is 4. The van der Waals surface area contributed by atoms with Crippen molar-refractivity contribution in [3.8, 4) is 11.5 Å². The number of aliphatic hydroxyl groups excluding tert-OH is 1. The second-order valence-corrected chi connectivity index (χ2v) is 5.30. The SMILES string of the molecule is COc1ccc(C(O)C2(N)CCCCC2)c(OC)c1. The zero-order chi connectivity index (χ0) is 13.9. The molecule has 1 aromatic rings. The Morgan fingerprint density at radius 2 is 1.84 bits per heavy atom. The molecule has 1 unspecified atom stereocenters. The molecule has 0 amide bonds. The van der Waals surface area contributed by atoms with Crippen LogP contribution in [0.4, 0.5) is 0 Å². The van der Waals surface area contributed by atoms with E-state index in [2.05, 4.69) is 0 Å². The fourth-order valence-electron chi connectivity index (χ4n) is 2.84. The lowest BCUT2D eigenvalue weighted by Gasteiger charge is -2.38. The van der Waals surface area contributed by atoms with Gasteiger partial charge in [-0.2, -0.15) is 0 Å². The molecular weight excluding hydrogens is 242 g/mol. The van der Waals surface area contributed by atoms with Crippen molar-refractivity contribution in [1.29, 1.82) is 0 Å². The van der Waals surface area contributed by atoms with Crippen LogP contribution < -0.4 is 15.2 Å². The largest absolute Gasteiger partial charge is 0.497 e. The summed E-state index contributed by atoms with van der Waals surface area (Å²) in [6.07, 6.45) is 4.35. The molecule has 0 saturated heterocycles. The van der Waals surface area contributed by atoms with Gasteiger partial charge in [0.2, 0.25) is 0 Å². The first-order valence-corrected chi connectivity index (χ1v) is 6.79. The first-order valence-electron chi connectivity index (χ1n) is 6.79. The number of methoxy groups -OCH3 is 2. The molecule has 4 nitrogen and oxygen atoms in total. The van der Waals surface area contributed by atoms with Crippen molar-refractivity contribution >= 4 is 0 Å². The molecule has 1 saturated carbocycles. The highest BCUT2D eigenvalue weighted by molar-refractivity contribution is 5.43. The Bertz CT molecular complexity index is 427. The van der Waals surface area contributed by atoms with Gasteiger partial charge in [0.1, 0.15) is 17.6 Å². The Labute approximate surface area is 114 Å². The maximum absolute atomic E-state index is 10.6. The first-order chi connectivity index (χ1) is 9.10. The average molecular weight is 265 g/mol. The summed E-state index contributed by atoms with van der Waals surface area (Å²) in [7, 11) is 3.20. The van der Waals surface area contributed by atoms with Crippen molar-refractivity contribution in [3.05, 3.63) is 23.8 Å². The standard InChI is InChI=1S/C15H23NO3/c1-18-11-6-7-12(13(10-11)19-2)14(17)15(16)8-4-3-5-9-15/h6-7,10,14,17H,3-5,8-9,16H2,1-2H3. The predicted octanol–water partition coefficient (Wildman–Crippen LogP) is 2.40. The summed E-state index contributed by atoms with van der Waals surface area (Å²) in [6.45, 7) is 0. The van der Waals surface area contributed by atoms with Crippen LogP contribution in [-0.4, -0.2) is 24.9 Å². The van der Waals surface area contributed by atoms with Gasteiger partial charge >= 0.3 is 0 Å². The van der Waals surface area contributed by atoms with Crippen LogP contribution in [0, 0.1) is 0 Å². The maximum Gasteiger partial charge on any atom is 0.128 e. The third-order valence-corrected chi connectivity index (χ3v) is 4.06. The predicted molar refractivity (Wildman–Crippen MR) is 74.5 cm³/mol. The molecule has 0 aliphatic heterocycles. The second kappa shape index (κ2) is 5.80. The Hall–Kier alpha value is -1.26. The van der Waals surface area contributed by atoms with E-state index in [0.29, 0.717) is 11.5 Å². The highest BCUT2D eigenvalue weighted by atomic mass is 16.5. The molecule has 2 rings (SSSR count). The van der Waals surface area contributed by atoms with E-state index in [9.17, 15) is 5.11 Å². The number of ether oxygens (including phenoxy) is 2. The van der Waals surface area contributed by atoms with Crippen LogP contribution >= 0.6 is 0 Å². The summed E-state index contributed by atoms with van der Waals surface area (Å²) < 4.78 is 10.5. The quantitative estimate of drug-likeness (QED) is 0.877. The van der Waals surface area contributed by atoms with Gasteiger partial charge in [0.15, 0.2) is 0 Å². The van der Waals surface area contributed by atoms with Gasteiger partial charge in [-0.3, -0.25) is 0 Å². The van der Waals surface area contributed by atoms with Crippen LogP contribution in [0.3, 0.4) is 0 Å². The van der Waals surface area contributed by atoms with E-state index >= 15 is 0 Å². The molecule has 0 radical (unpaired) electrons. The monoisotopic (exact) mass is 265 g/mol. The minimum Gasteiger partial charge on any atom is -0.497 e. The first kappa shape index (κ1) is 14.2. The summed E-state index contributed by atoms with van der Waals surface area (Å²) in [5, 5.41) is 10.6. The van der Waals surface area contributed by atoms with Crippen molar-refractivity contribution in [3.63, 3.8) is 0 Å². The van der Waals surface area contributed by atoms with Crippen molar-refractivity contribution < 1.29 is 14.6 Å². The summed E-state index contributed by atoms with van der Waals surface area (Å²) >= 11 is 0. The van der Waals surface area contributed by atoms with E-state index in [1.165, 1.54) is 6.42 Å². The molecule has 3 N–H and O–H groups in total. The van der Waals surface area contributed by atoms with E-state index < -0.39 is 11.6 Å². The zero-order valence-electron chi connectivity index (χ0n) is 11.7. The fourth-order valence-corrected chi connectivity index (χ4v) is 2.84. The lowest BCUT2D eigenvalue weighted by molar-refractivity contribution is 0.0566. The Balaban J connectivity index is 2.29. The second-order valence-electron chi connectivity index (χ2n) is 5.30. The third-order valence-electron chi connectivity index (χ3n) is 4.06. The van der Waals surface area contributed by atoms with E-state index in [0.717, 1.165) is 31.2 Å². The molecule has 0 aromatic heterocycles. The molecule has 19 heavy (non-hydrogen) atoms. The number of nitrogens with two attached hydrogens (primary N) is 1. The summed E-state index contributed by atoms with van der Waals surface area (Å²) in [6, 6.07) is 5.45. The number of benzene rings is 1. The van der Waals surface area contributed by atoms with Crippen LogP contribution in [-0.2, 0) is 0 Å². The molecule has 0 spiro atoms.